The van der Waals surface area contributed by atoms with Crippen molar-refractivity contribution in [2.75, 3.05) is 60.0 Å². The number of hydrogen-bond donors (Lipinski definition) is 3. The molecule has 7 heterocycles. The Morgan fingerprint density at radius 1 is 0.846 bits per heavy atom. The second kappa shape index (κ2) is 19.1. The largest absolute Gasteiger partial charge is 0.357 e. The van der Waals surface area contributed by atoms with Crippen molar-refractivity contribution in [3.8, 4) is 21.8 Å². The van der Waals surface area contributed by atoms with Crippen LogP contribution in [0.5, 0.6) is 0 Å². The zero-order valence-electron chi connectivity index (χ0n) is 36.5. The smallest absolute Gasteiger partial charge is 0.234 e. The van der Waals surface area contributed by atoms with Crippen LogP contribution in [-0.2, 0) is 29.2 Å². The second-order valence-corrected chi connectivity index (χ2v) is 20.8. The van der Waals surface area contributed by atoms with Crippen molar-refractivity contribution in [1.29, 1.82) is 0 Å². The Labute approximate surface area is 382 Å². The highest BCUT2D eigenvalue weighted by Gasteiger charge is 2.37. The third-order valence-electron chi connectivity index (χ3n) is 13.3. The lowest BCUT2D eigenvalue weighted by Crippen LogP contribution is -2.48. The maximum Gasteiger partial charge on any atom is 0.234 e. The molecule has 3 N–H and O–H groups in total. The third kappa shape index (κ3) is 10.1. The molecule has 0 spiro atoms. The summed E-state index contributed by atoms with van der Waals surface area (Å²) in [5, 5.41) is 6.55. The summed E-state index contributed by atoms with van der Waals surface area (Å²) in [6.07, 6.45) is 10.7. The van der Waals surface area contributed by atoms with Crippen LogP contribution in [0.25, 0.3) is 21.8 Å². The summed E-state index contributed by atoms with van der Waals surface area (Å²) in [5.41, 5.74) is 1.81. The van der Waals surface area contributed by atoms with Gasteiger partial charge in [0.05, 0.1) is 38.6 Å². The maximum atomic E-state index is 16.3. The van der Waals surface area contributed by atoms with E-state index in [0.717, 1.165) is 29.2 Å². The summed E-state index contributed by atoms with van der Waals surface area (Å²) in [7, 11) is -3.74. The minimum atomic E-state index is -3.74. The minimum Gasteiger partial charge on any atom is -0.357 e. The molecule has 0 bridgehead atoms. The standard InChI is InChI=1S/C46H55FN10O6S2/c1-2-26-65(62,63)54-35-5-3-4-34(39(35)47)40-41(36-12-19-48-46(51-36)50-32-7-8-32)64-43(53-40)28-13-22-56(23-14-28)45(61)30-17-24-57(25-18-30)44(60)29-15-20-55(21-16-29)37-10-6-31(27-49-37)33-9-11-38(58)52-42(33)59/h3-6,10,12,19,27-30,32-33,54H,2,7-9,11,13-18,20-26H2,1H3,(H,48,50,51)(H,52,58,59)/t33-/m0/s1. The number of piperidine rings is 4. The molecule has 1 atom stereocenters. The molecule has 19 heteroatoms. The van der Waals surface area contributed by atoms with Crippen LogP contribution in [-0.4, -0.2) is 113 Å². The average molecular weight is 927 g/mol. The predicted octanol–water partition coefficient (Wildman–Crippen LogP) is 5.91. The van der Waals surface area contributed by atoms with Gasteiger partial charge < -0.3 is 20.0 Å². The molecule has 5 fully saturated rings. The SMILES string of the molecule is CCCS(=O)(=O)Nc1cccc(-c2nc(C3CCN(C(=O)C4CCN(C(=O)C5CCN(c6ccc([C@@H]7CCC(=O)NC7=O)cn6)CC5)CC4)CC3)sc2-c2ccnc(NC3CC3)n2)c1F. The molecular formula is C46H55FN10O6S2. The fourth-order valence-electron chi connectivity index (χ4n) is 9.48. The van der Waals surface area contributed by atoms with E-state index in [9.17, 15) is 27.6 Å². The topological polar surface area (TPSA) is 200 Å². The molecule has 1 aromatic carbocycles. The zero-order valence-corrected chi connectivity index (χ0v) is 38.1. The van der Waals surface area contributed by atoms with Crippen molar-refractivity contribution >= 4 is 62.4 Å². The van der Waals surface area contributed by atoms with E-state index in [1.165, 1.54) is 17.4 Å². The van der Waals surface area contributed by atoms with Gasteiger partial charge in [-0.3, -0.25) is 29.2 Å². The molecule has 4 aliphatic heterocycles. The number of imide groups is 1. The van der Waals surface area contributed by atoms with Crippen LogP contribution in [0.2, 0.25) is 0 Å². The lowest BCUT2D eigenvalue weighted by atomic mass is 9.90. The minimum absolute atomic E-state index is 0.0237. The normalized spacial score (nSPS) is 20.5. The van der Waals surface area contributed by atoms with Crippen molar-refractivity contribution in [3.63, 3.8) is 0 Å². The number of halogens is 1. The molecule has 3 aromatic heterocycles. The predicted molar refractivity (Wildman–Crippen MR) is 245 cm³/mol. The number of carbonyl (C=O) groups excluding carboxylic acids is 4. The molecular weight excluding hydrogens is 872 g/mol. The van der Waals surface area contributed by atoms with Gasteiger partial charge in [-0.15, -0.1) is 11.3 Å². The zero-order chi connectivity index (χ0) is 45.2. The Bertz CT molecular complexity index is 2530. The van der Waals surface area contributed by atoms with Gasteiger partial charge in [0.1, 0.15) is 5.82 Å². The second-order valence-electron chi connectivity index (χ2n) is 17.9. The molecule has 0 unspecified atom stereocenters. The first kappa shape index (κ1) is 44.6. The first-order chi connectivity index (χ1) is 31.4. The number of nitrogens with one attached hydrogen (secondary N) is 3. The summed E-state index contributed by atoms with van der Waals surface area (Å²) >= 11 is 1.45. The van der Waals surface area contributed by atoms with E-state index in [4.69, 9.17) is 9.97 Å². The summed E-state index contributed by atoms with van der Waals surface area (Å²) in [5.74, 6) is -0.367. The van der Waals surface area contributed by atoms with E-state index in [0.29, 0.717) is 125 Å². The van der Waals surface area contributed by atoms with Gasteiger partial charge in [-0.2, -0.15) is 0 Å². The van der Waals surface area contributed by atoms with Crippen LogP contribution in [0.3, 0.4) is 0 Å². The Kier molecular flexibility index (Phi) is 13.1. The van der Waals surface area contributed by atoms with Gasteiger partial charge in [0.25, 0.3) is 0 Å². The summed E-state index contributed by atoms with van der Waals surface area (Å²) in [6.45, 7) is 5.37. The molecule has 0 radical (unpaired) electrons. The Balaban J connectivity index is 0.795. The lowest BCUT2D eigenvalue weighted by Gasteiger charge is -2.39. The number of rotatable bonds is 13. The third-order valence-corrected chi connectivity index (χ3v) is 16.0. The molecule has 9 rings (SSSR count). The summed E-state index contributed by atoms with van der Waals surface area (Å²) in [6, 6.07) is 10.6. The summed E-state index contributed by atoms with van der Waals surface area (Å²) < 4.78 is 43.9. The van der Waals surface area contributed by atoms with Crippen LogP contribution >= 0.6 is 11.3 Å². The summed E-state index contributed by atoms with van der Waals surface area (Å²) in [4.78, 5) is 77.0. The van der Waals surface area contributed by atoms with Crippen molar-refractivity contribution < 1.29 is 32.0 Å². The fraction of sp³-hybridized carbons (Fsp3) is 0.522. The van der Waals surface area contributed by atoms with Crippen molar-refractivity contribution in [1.82, 2.24) is 35.1 Å². The van der Waals surface area contributed by atoms with Crippen LogP contribution in [0.15, 0.2) is 48.8 Å². The molecule has 4 aromatic rings. The van der Waals surface area contributed by atoms with Crippen molar-refractivity contribution in [2.24, 2.45) is 11.8 Å². The number of amides is 4. The Morgan fingerprint density at radius 2 is 1.54 bits per heavy atom. The highest BCUT2D eigenvalue weighted by molar-refractivity contribution is 7.92. The van der Waals surface area contributed by atoms with Gasteiger partial charge in [0.2, 0.25) is 39.6 Å². The highest BCUT2D eigenvalue weighted by Crippen LogP contribution is 2.43. The molecule has 16 nitrogen and oxygen atoms in total. The lowest BCUT2D eigenvalue weighted by molar-refractivity contribution is -0.143. The highest BCUT2D eigenvalue weighted by atomic mass is 32.2. The molecule has 5 aliphatic rings. The van der Waals surface area contributed by atoms with Gasteiger partial charge in [-0.05, 0) is 94.0 Å². The van der Waals surface area contributed by atoms with Gasteiger partial charge in [0.15, 0.2) is 5.82 Å². The van der Waals surface area contributed by atoms with Gasteiger partial charge in [0, 0.05) is 87.4 Å². The van der Waals surface area contributed by atoms with Crippen LogP contribution in [0.1, 0.15) is 100.0 Å². The number of nitrogens with zero attached hydrogens (tertiary/aromatic N) is 7. The van der Waals surface area contributed by atoms with E-state index in [-0.39, 0.29) is 64.3 Å². The average Bonchev–Trinajstić information content (AvgIpc) is 4.03. The Hall–Kier alpha value is -5.56. The number of pyridine rings is 1. The van der Waals surface area contributed by atoms with E-state index in [1.807, 2.05) is 21.9 Å². The number of sulfonamides is 1. The van der Waals surface area contributed by atoms with E-state index < -0.39 is 15.8 Å². The van der Waals surface area contributed by atoms with Crippen molar-refractivity contribution in [3.05, 3.63) is 65.2 Å². The molecule has 1 saturated carbocycles. The number of carbonyl (C=O) groups is 4. The molecule has 4 amide bonds. The Morgan fingerprint density at radius 3 is 2.18 bits per heavy atom. The molecule has 1 aliphatic carbocycles. The maximum absolute atomic E-state index is 16.3. The van der Waals surface area contributed by atoms with Crippen LogP contribution in [0, 0.1) is 17.7 Å². The van der Waals surface area contributed by atoms with Gasteiger partial charge >= 0.3 is 0 Å². The van der Waals surface area contributed by atoms with E-state index in [1.54, 1.807) is 37.5 Å². The molecule has 65 heavy (non-hydrogen) atoms. The van der Waals surface area contributed by atoms with E-state index >= 15 is 4.39 Å². The number of likely N-dealkylation sites (tertiary alicyclic amines) is 2. The van der Waals surface area contributed by atoms with Crippen molar-refractivity contribution in [2.45, 2.75) is 95.4 Å². The quantitative estimate of drug-likeness (QED) is 0.134. The van der Waals surface area contributed by atoms with Gasteiger partial charge in [-0.1, -0.05) is 19.1 Å². The van der Waals surface area contributed by atoms with Gasteiger partial charge in [-0.25, -0.2) is 32.7 Å². The van der Waals surface area contributed by atoms with E-state index in [2.05, 4.69) is 30.2 Å². The number of hydrogen-bond acceptors (Lipinski definition) is 13. The first-order valence-corrected chi connectivity index (χ1v) is 25.4. The number of benzene rings is 1. The van der Waals surface area contributed by atoms with Crippen LogP contribution in [0.4, 0.5) is 21.8 Å². The molecule has 344 valence electrons. The number of thiazole rings is 1. The first-order valence-electron chi connectivity index (χ1n) is 22.9. The number of anilines is 3. The monoisotopic (exact) mass is 926 g/mol. The molecule has 4 saturated heterocycles. The van der Waals surface area contributed by atoms with Crippen LogP contribution < -0.4 is 20.3 Å². The number of aromatic nitrogens is 4. The fourth-order valence-corrected chi connectivity index (χ4v) is 11.8.